The van der Waals surface area contributed by atoms with Crippen molar-refractivity contribution in [2.45, 2.75) is 26.3 Å². The zero-order valence-electron chi connectivity index (χ0n) is 11.7. The first-order valence-corrected chi connectivity index (χ1v) is 6.53. The summed E-state index contributed by atoms with van der Waals surface area (Å²) >= 11 is 0. The number of aryl methyl sites for hydroxylation is 2. The molecule has 2 rings (SSSR count). The molecule has 0 bridgehead atoms. The predicted molar refractivity (Wildman–Crippen MR) is 79.6 cm³/mol. The number of benzene rings is 2. The lowest BCUT2D eigenvalue weighted by atomic mass is 9.95. The molecule has 2 aromatic rings. The zero-order chi connectivity index (χ0) is 14.7. The van der Waals surface area contributed by atoms with Crippen molar-refractivity contribution in [3.05, 3.63) is 74.8 Å². The Morgan fingerprint density at radius 3 is 2.55 bits per heavy atom. The van der Waals surface area contributed by atoms with Crippen LogP contribution in [-0.4, -0.2) is 4.92 Å². The molecule has 4 heteroatoms. The maximum absolute atomic E-state index is 10.9. The Kier molecular flexibility index (Phi) is 4.15. The molecule has 2 aromatic carbocycles. The van der Waals surface area contributed by atoms with Gasteiger partial charge in [0, 0.05) is 18.2 Å². The second-order valence-electron chi connectivity index (χ2n) is 5.10. The van der Waals surface area contributed by atoms with Gasteiger partial charge in [-0.05, 0) is 42.5 Å². The summed E-state index contributed by atoms with van der Waals surface area (Å²) in [6, 6.07) is 12.8. The van der Waals surface area contributed by atoms with Crippen molar-refractivity contribution in [1.82, 2.24) is 0 Å². The maximum atomic E-state index is 10.9. The largest absolute Gasteiger partial charge is 0.324 e. The quantitative estimate of drug-likeness (QED) is 0.683. The van der Waals surface area contributed by atoms with Gasteiger partial charge in [0.15, 0.2) is 0 Å². The van der Waals surface area contributed by atoms with Crippen LogP contribution in [0.4, 0.5) is 5.69 Å². The standard InChI is InChI=1S/C16H18N2O2/c1-11-7-14(9-15(8-11)18(19)20)16(17)10-13-6-4-3-5-12(13)2/h3-9,16H,10,17H2,1-2H3. The van der Waals surface area contributed by atoms with Crippen molar-refractivity contribution in [3.63, 3.8) is 0 Å². The third-order valence-electron chi connectivity index (χ3n) is 3.42. The number of rotatable bonds is 4. The number of hydrogen-bond acceptors (Lipinski definition) is 3. The van der Waals surface area contributed by atoms with Gasteiger partial charge in [0.05, 0.1) is 4.92 Å². The van der Waals surface area contributed by atoms with Crippen molar-refractivity contribution in [3.8, 4) is 0 Å². The molecule has 0 aliphatic carbocycles. The molecule has 0 aromatic heterocycles. The Balaban J connectivity index is 2.27. The minimum absolute atomic E-state index is 0.0974. The molecule has 20 heavy (non-hydrogen) atoms. The van der Waals surface area contributed by atoms with E-state index in [0.29, 0.717) is 6.42 Å². The summed E-state index contributed by atoms with van der Waals surface area (Å²) in [4.78, 5) is 10.5. The predicted octanol–water partition coefficient (Wildman–Crippen LogP) is 3.45. The van der Waals surface area contributed by atoms with Gasteiger partial charge in [0.25, 0.3) is 5.69 Å². The van der Waals surface area contributed by atoms with Gasteiger partial charge < -0.3 is 5.73 Å². The molecule has 0 aliphatic rings. The highest BCUT2D eigenvalue weighted by molar-refractivity contribution is 5.41. The van der Waals surface area contributed by atoms with E-state index in [2.05, 4.69) is 0 Å². The van der Waals surface area contributed by atoms with E-state index in [9.17, 15) is 10.1 Å². The van der Waals surface area contributed by atoms with Gasteiger partial charge in [-0.15, -0.1) is 0 Å². The highest BCUT2D eigenvalue weighted by atomic mass is 16.6. The Hall–Kier alpha value is -2.20. The molecule has 1 unspecified atom stereocenters. The van der Waals surface area contributed by atoms with Crippen LogP contribution in [0.15, 0.2) is 42.5 Å². The van der Waals surface area contributed by atoms with E-state index in [1.54, 1.807) is 12.1 Å². The van der Waals surface area contributed by atoms with Crippen LogP contribution in [-0.2, 0) is 6.42 Å². The number of nitro benzene ring substituents is 1. The fourth-order valence-corrected chi connectivity index (χ4v) is 2.31. The van der Waals surface area contributed by atoms with Crippen LogP contribution in [0.1, 0.15) is 28.3 Å². The number of nitro groups is 1. The number of nitrogens with zero attached hydrogens (tertiary/aromatic N) is 1. The molecule has 0 spiro atoms. The van der Waals surface area contributed by atoms with Crippen LogP contribution < -0.4 is 5.73 Å². The lowest BCUT2D eigenvalue weighted by Gasteiger charge is -2.14. The highest BCUT2D eigenvalue weighted by Gasteiger charge is 2.14. The zero-order valence-corrected chi connectivity index (χ0v) is 11.7. The third-order valence-corrected chi connectivity index (χ3v) is 3.42. The van der Waals surface area contributed by atoms with E-state index in [1.807, 2.05) is 44.2 Å². The average molecular weight is 270 g/mol. The van der Waals surface area contributed by atoms with Gasteiger partial charge in [0.2, 0.25) is 0 Å². The molecule has 1 atom stereocenters. The first-order chi connectivity index (χ1) is 9.47. The molecule has 0 heterocycles. The number of nitrogens with two attached hydrogens (primary N) is 1. The van der Waals surface area contributed by atoms with Crippen molar-refractivity contribution in [2.75, 3.05) is 0 Å². The van der Waals surface area contributed by atoms with Crippen LogP contribution in [0.25, 0.3) is 0 Å². The smallest absolute Gasteiger partial charge is 0.270 e. The highest BCUT2D eigenvalue weighted by Crippen LogP contribution is 2.23. The summed E-state index contributed by atoms with van der Waals surface area (Å²) in [7, 11) is 0. The molecule has 0 aliphatic heterocycles. The molecule has 0 saturated carbocycles. The lowest BCUT2D eigenvalue weighted by Crippen LogP contribution is -2.14. The van der Waals surface area contributed by atoms with E-state index in [-0.39, 0.29) is 16.7 Å². The van der Waals surface area contributed by atoms with Crippen LogP contribution in [0, 0.1) is 24.0 Å². The third kappa shape index (κ3) is 3.22. The summed E-state index contributed by atoms with van der Waals surface area (Å²) in [5.74, 6) is 0. The van der Waals surface area contributed by atoms with Crippen LogP contribution in [0.2, 0.25) is 0 Å². The average Bonchev–Trinajstić information content (AvgIpc) is 2.40. The Morgan fingerprint density at radius 1 is 1.20 bits per heavy atom. The fraction of sp³-hybridized carbons (Fsp3) is 0.250. The van der Waals surface area contributed by atoms with E-state index in [0.717, 1.165) is 11.1 Å². The van der Waals surface area contributed by atoms with Crippen LogP contribution in [0.5, 0.6) is 0 Å². The van der Waals surface area contributed by atoms with Crippen molar-refractivity contribution in [1.29, 1.82) is 0 Å². The number of non-ortho nitro benzene ring substituents is 1. The minimum Gasteiger partial charge on any atom is -0.324 e. The lowest BCUT2D eigenvalue weighted by molar-refractivity contribution is -0.385. The summed E-state index contributed by atoms with van der Waals surface area (Å²) in [6.07, 6.45) is 0.674. The van der Waals surface area contributed by atoms with Crippen molar-refractivity contribution in [2.24, 2.45) is 5.73 Å². The molecule has 0 fully saturated rings. The Morgan fingerprint density at radius 2 is 1.90 bits per heavy atom. The van der Waals surface area contributed by atoms with Crippen molar-refractivity contribution >= 4 is 5.69 Å². The molecule has 0 saturated heterocycles. The van der Waals surface area contributed by atoms with Crippen molar-refractivity contribution < 1.29 is 4.92 Å². The first-order valence-electron chi connectivity index (χ1n) is 6.53. The normalized spacial score (nSPS) is 12.2. The molecular formula is C16H18N2O2. The van der Waals surface area contributed by atoms with E-state index in [4.69, 9.17) is 5.73 Å². The Bertz CT molecular complexity index is 638. The minimum atomic E-state index is -0.378. The molecule has 104 valence electrons. The molecule has 0 radical (unpaired) electrons. The van der Waals surface area contributed by atoms with Gasteiger partial charge in [-0.2, -0.15) is 0 Å². The van der Waals surface area contributed by atoms with Gasteiger partial charge in [0.1, 0.15) is 0 Å². The van der Waals surface area contributed by atoms with Crippen LogP contribution >= 0.6 is 0 Å². The van der Waals surface area contributed by atoms with Crippen LogP contribution in [0.3, 0.4) is 0 Å². The second kappa shape index (κ2) is 5.84. The summed E-state index contributed by atoms with van der Waals surface area (Å²) in [5.41, 5.74) is 10.3. The van der Waals surface area contributed by atoms with Gasteiger partial charge >= 0.3 is 0 Å². The molecule has 0 amide bonds. The molecular weight excluding hydrogens is 252 g/mol. The van der Waals surface area contributed by atoms with Gasteiger partial charge in [-0.3, -0.25) is 10.1 Å². The molecule has 4 nitrogen and oxygen atoms in total. The first kappa shape index (κ1) is 14.2. The monoisotopic (exact) mass is 270 g/mol. The summed E-state index contributed by atoms with van der Waals surface area (Å²) in [6.45, 7) is 3.89. The van der Waals surface area contributed by atoms with Gasteiger partial charge in [-0.1, -0.05) is 30.3 Å². The Labute approximate surface area is 118 Å². The fourth-order valence-electron chi connectivity index (χ4n) is 2.31. The van der Waals surface area contributed by atoms with Gasteiger partial charge in [-0.25, -0.2) is 0 Å². The van der Waals surface area contributed by atoms with E-state index in [1.165, 1.54) is 11.1 Å². The van der Waals surface area contributed by atoms with E-state index >= 15 is 0 Å². The summed E-state index contributed by atoms with van der Waals surface area (Å²) < 4.78 is 0. The maximum Gasteiger partial charge on any atom is 0.270 e. The van der Waals surface area contributed by atoms with E-state index < -0.39 is 0 Å². The SMILES string of the molecule is Cc1cc(C(N)Cc2ccccc2C)cc([N+](=O)[O-])c1. The number of hydrogen-bond donors (Lipinski definition) is 1. The second-order valence-corrected chi connectivity index (χ2v) is 5.10. The topological polar surface area (TPSA) is 69.2 Å². The molecule has 2 N–H and O–H groups in total. The summed E-state index contributed by atoms with van der Waals surface area (Å²) in [5, 5.41) is 10.9.